The predicted octanol–water partition coefficient (Wildman–Crippen LogP) is 1.60. The van der Waals surface area contributed by atoms with Gasteiger partial charge < -0.3 is 9.84 Å². The molecule has 0 radical (unpaired) electrons. The first-order valence-corrected chi connectivity index (χ1v) is 6.31. The zero-order chi connectivity index (χ0) is 14.5. The van der Waals surface area contributed by atoms with Gasteiger partial charge in [0.25, 0.3) is 0 Å². The maximum atomic E-state index is 10.6. The van der Waals surface area contributed by atoms with Gasteiger partial charge in [-0.1, -0.05) is 0 Å². The summed E-state index contributed by atoms with van der Waals surface area (Å²) in [5, 5.41) is 20.0. The van der Waals surface area contributed by atoms with E-state index in [0.29, 0.717) is 5.82 Å². The molecule has 7 nitrogen and oxygen atoms in total. The van der Waals surface area contributed by atoms with Crippen molar-refractivity contribution in [3.8, 4) is 17.1 Å². The molecule has 1 aromatic heterocycles. The molecule has 1 aromatic carbocycles. The van der Waals surface area contributed by atoms with Crippen LogP contribution in [-0.4, -0.2) is 37.4 Å². The molecule has 7 heteroatoms. The van der Waals surface area contributed by atoms with Gasteiger partial charge in [-0.05, 0) is 48.5 Å². The number of aromatic nitrogens is 4. The molecule has 0 amide bonds. The maximum absolute atomic E-state index is 10.6. The number of aliphatic carboxylic acids is 1. The average Bonchev–Trinajstić information content (AvgIpc) is 2.85. The van der Waals surface area contributed by atoms with Crippen molar-refractivity contribution in [1.82, 2.24) is 20.2 Å². The van der Waals surface area contributed by atoms with E-state index in [0.717, 1.165) is 11.3 Å². The summed E-state index contributed by atoms with van der Waals surface area (Å²) < 4.78 is 7.04. The van der Waals surface area contributed by atoms with Gasteiger partial charge in [-0.15, -0.1) is 5.10 Å². The normalized spacial score (nSPS) is 10.8. The van der Waals surface area contributed by atoms with Gasteiger partial charge in [0, 0.05) is 5.56 Å². The molecule has 0 bridgehead atoms. The fourth-order valence-electron chi connectivity index (χ4n) is 1.72. The molecule has 1 N–H and O–H groups in total. The Bertz CT molecular complexity index is 578. The lowest BCUT2D eigenvalue weighted by molar-refractivity contribution is -0.137. The molecule has 0 aliphatic carbocycles. The van der Waals surface area contributed by atoms with Crippen LogP contribution in [0.1, 0.15) is 20.3 Å². The first kappa shape index (κ1) is 14.0. The van der Waals surface area contributed by atoms with Gasteiger partial charge >= 0.3 is 5.97 Å². The Hall–Kier alpha value is -2.44. The van der Waals surface area contributed by atoms with Crippen LogP contribution < -0.4 is 4.74 Å². The highest BCUT2D eigenvalue weighted by atomic mass is 16.5. The van der Waals surface area contributed by atoms with Gasteiger partial charge in [0.1, 0.15) is 5.75 Å². The highest BCUT2D eigenvalue weighted by molar-refractivity contribution is 5.66. The summed E-state index contributed by atoms with van der Waals surface area (Å²) in [6.07, 6.45) is 0.0915. The van der Waals surface area contributed by atoms with Crippen molar-refractivity contribution in [2.75, 3.05) is 0 Å². The number of aryl methyl sites for hydroxylation is 1. The number of hydrogen-bond donors (Lipinski definition) is 1. The molecule has 0 saturated heterocycles. The SMILES string of the molecule is CC(C)Oc1ccc(-c2nnnn2CCC(=O)O)cc1. The minimum Gasteiger partial charge on any atom is -0.491 e. The Morgan fingerprint density at radius 1 is 1.35 bits per heavy atom. The molecule has 0 unspecified atom stereocenters. The van der Waals surface area contributed by atoms with Crippen molar-refractivity contribution in [2.24, 2.45) is 0 Å². The lowest BCUT2D eigenvalue weighted by atomic mass is 10.2. The molecule has 0 saturated carbocycles. The average molecular weight is 276 g/mol. The van der Waals surface area contributed by atoms with E-state index in [1.54, 1.807) is 0 Å². The lowest BCUT2D eigenvalue weighted by Gasteiger charge is -2.10. The third kappa shape index (κ3) is 3.53. The summed E-state index contributed by atoms with van der Waals surface area (Å²) in [6, 6.07) is 7.37. The van der Waals surface area contributed by atoms with Crippen LogP contribution >= 0.6 is 0 Å². The fourth-order valence-corrected chi connectivity index (χ4v) is 1.72. The van der Waals surface area contributed by atoms with E-state index in [4.69, 9.17) is 9.84 Å². The fraction of sp³-hybridized carbons (Fsp3) is 0.385. The second kappa shape index (κ2) is 6.14. The monoisotopic (exact) mass is 276 g/mol. The number of ether oxygens (including phenoxy) is 1. The van der Waals surface area contributed by atoms with Gasteiger partial charge in [-0.2, -0.15) is 0 Å². The predicted molar refractivity (Wildman–Crippen MR) is 71.3 cm³/mol. The van der Waals surface area contributed by atoms with E-state index in [2.05, 4.69) is 15.5 Å². The van der Waals surface area contributed by atoms with Crippen LogP contribution in [0.4, 0.5) is 0 Å². The zero-order valence-electron chi connectivity index (χ0n) is 11.4. The number of carboxylic acid groups (broad SMARTS) is 1. The third-order valence-corrected chi connectivity index (χ3v) is 2.55. The number of nitrogens with zero attached hydrogens (tertiary/aromatic N) is 4. The van der Waals surface area contributed by atoms with Crippen molar-refractivity contribution in [2.45, 2.75) is 32.9 Å². The van der Waals surface area contributed by atoms with Crippen LogP contribution in [0.3, 0.4) is 0 Å². The van der Waals surface area contributed by atoms with Crippen LogP contribution in [0, 0.1) is 0 Å². The summed E-state index contributed by atoms with van der Waals surface area (Å²) in [5.74, 6) is 0.433. The van der Waals surface area contributed by atoms with Crippen molar-refractivity contribution >= 4 is 5.97 Å². The standard InChI is InChI=1S/C13H16N4O3/c1-9(2)20-11-5-3-10(4-6-11)13-14-15-16-17(13)8-7-12(18)19/h3-6,9H,7-8H2,1-2H3,(H,18,19). The Morgan fingerprint density at radius 2 is 2.05 bits per heavy atom. The largest absolute Gasteiger partial charge is 0.491 e. The summed E-state index contributed by atoms with van der Waals surface area (Å²) in [7, 11) is 0. The molecule has 0 fully saturated rings. The number of hydrogen-bond acceptors (Lipinski definition) is 5. The molecule has 2 aromatic rings. The number of benzene rings is 1. The Kier molecular flexibility index (Phi) is 4.29. The third-order valence-electron chi connectivity index (χ3n) is 2.55. The van der Waals surface area contributed by atoms with E-state index < -0.39 is 5.97 Å². The van der Waals surface area contributed by atoms with Crippen LogP contribution in [0.5, 0.6) is 5.75 Å². The minimum atomic E-state index is -0.882. The summed E-state index contributed by atoms with van der Waals surface area (Å²) in [4.78, 5) is 10.6. The van der Waals surface area contributed by atoms with Crippen LogP contribution in [-0.2, 0) is 11.3 Å². The number of carboxylic acids is 1. The van der Waals surface area contributed by atoms with Crippen molar-refractivity contribution in [3.05, 3.63) is 24.3 Å². The Labute approximate surface area is 116 Å². The van der Waals surface area contributed by atoms with Gasteiger partial charge in [-0.25, -0.2) is 4.68 Å². The van der Waals surface area contributed by atoms with E-state index in [1.807, 2.05) is 38.1 Å². The van der Waals surface area contributed by atoms with Gasteiger partial charge in [0.05, 0.1) is 19.1 Å². The van der Waals surface area contributed by atoms with Gasteiger partial charge in [0.2, 0.25) is 0 Å². The smallest absolute Gasteiger partial charge is 0.305 e. The number of carbonyl (C=O) groups is 1. The summed E-state index contributed by atoms with van der Waals surface area (Å²) in [5.41, 5.74) is 0.816. The molecule has 0 aliphatic heterocycles. The van der Waals surface area contributed by atoms with Gasteiger partial charge in [-0.3, -0.25) is 4.79 Å². The molecular formula is C13H16N4O3. The topological polar surface area (TPSA) is 90.1 Å². The summed E-state index contributed by atoms with van der Waals surface area (Å²) in [6.45, 7) is 4.16. The molecule has 20 heavy (non-hydrogen) atoms. The lowest BCUT2D eigenvalue weighted by Crippen LogP contribution is -2.08. The van der Waals surface area contributed by atoms with Crippen molar-refractivity contribution < 1.29 is 14.6 Å². The first-order chi connectivity index (χ1) is 9.56. The van der Waals surface area contributed by atoms with Crippen LogP contribution in [0.2, 0.25) is 0 Å². The van der Waals surface area contributed by atoms with E-state index >= 15 is 0 Å². The quantitative estimate of drug-likeness (QED) is 0.861. The first-order valence-electron chi connectivity index (χ1n) is 6.31. The molecule has 2 rings (SSSR count). The summed E-state index contributed by atoms with van der Waals surface area (Å²) >= 11 is 0. The van der Waals surface area contributed by atoms with Crippen molar-refractivity contribution in [3.63, 3.8) is 0 Å². The molecule has 106 valence electrons. The highest BCUT2D eigenvalue weighted by Crippen LogP contribution is 2.20. The molecule has 0 atom stereocenters. The zero-order valence-corrected chi connectivity index (χ0v) is 11.4. The second-order valence-electron chi connectivity index (χ2n) is 4.56. The molecule has 0 aliphatic rings. The molecular weight excluding hydrogens is 260 g/mol. The molecule has 1 heterocycles. The number of rotatable bonds is 6. The Morgan fingerprint density at radius 3 is 2.65 bits per heavy atom. The highest BCUT2D eigenvalue weighted by Gasteiger charge is 2.10. The second-order valence-corrected chi connectivity index (χ2v) is 4.56. The van der Waals surface area contributed by atoms with E-state index in [-0.39, 0.29) is 19.1 Å². The molecule has 0 spiro atoms. The number of tetrazole rings is 1. The van der Waals surface area contributed by atoms with E-state index in [9.17, 15) is 4.79 Å². The van der Waals surface area contributed by atoms with Crippen LogP contribution in [0.25, 0.3) is 11.4 Å². The van der Waals surface area contributed by atoms with E-state index in [1.165, 1.54) is 4.68 Å². The van der Waals surface area contributed by atoms with Gasteiger partial charge in [0.15, 0.2) is 5.82 Å². The maximum Gasteiger partial charge on any atom is 0.305 e. The van der Waals surface area contributed by atoms with Crippen LogP contribution in [0.15, 0.2) is 24.3 Å². The minimum absolute atomic E-state index is 0.0212. The Balaban J connectivity index is 2.15. The van der Waals surface area contributed by atoms with Crippen molar-refractivity contribution in [1.29, 1.82) is 0 Å².